The molecule has 3 rings (SSSR count). The van der Waals surface area contributed by atoms with E-state index in [1.54, 1.807) is 0 Å². The van der Waals surface area contributed by atoms with Crippen molar-refractivity contribution in [2.75, 3.05) is 0 Å². The van der Waals surface area contributed by atoms with Gasteiger partial charge in [-0.3, -0.25) is 9.59 Å². The van der Waals surface area contributed by atoms with E-state index in [1.165, 1.54) is 6.42 Å². The lowest BCUT2D eigenvalue weighted by Crippen LogP contribution is -2.31. The van der Waals surface area contributed by atoms with Crippen molar-refractivity contribution in [3.8, 4) is 0 Å². The molecule has 20 heavy (non-hydrogen) atoms. The Kier molecular flexibility index (Phi) is 4.04. The van der Waals surface area contributed by atoms with E-state index in [0.29, 0.717) is 17.9 Å². The van der Waals surface area contributed by atoms with Crippen molar-refractivity contribution in [3.63, 3.8) is 0 Å². The first-order valence-corrected chi connectivity index (χ1v) is 8.63. The fraction of sp³-hybridized carbons (Fsp3) is 0.692. The molecule has 0 aromatic rings. The molecule has 1 heterocycles. The maximum atomic E-state index is 12.6. The number of imide groups is 1. The average Bonchev–Trinajstić information content (AvgIpc) is 2.62. The molecule has 0 aromatic carbocycles. The second kappa shape index (κ2) is 5.38. The molecule has 110 valence electrons. The monoisotopic (exact) mass is 353 g/mol. The fourth-order valence-electron chi connectivity index (χ4n) is 3.60. The lowest BCUT2D eigenvalue weighted by atomic mass is 9.68. The highest BCUT2D eigenvalue weighted by Crippen LogP contribution is 2.51. The molecule has 2 aliphatic carbocycles. The van der Waals surface area contributed by atoms with Gasteiger partial charge in [-0.25, -0.2) is 4.31 Å². The molecule has 3 aliphatic rings. The SMILES string of the molecule is O=C1C2CCC3CCCC=C3C2C(=O)N1SC(Cl)(Cl)Cl. The van der Waals surface area contributed by atoms with Crippen LogP contribution in [0, 0.1) is 17.8 Å². The minimum atomic E-state index is -1.70. The molecule has 7 heteroatoms. The van der Waals surface area contributed by atoms with Crippen molar-refractivity contribution in [2.45, 2.75) is 35.2 Å². The third-order valence-electron chi connectivity index (χ3n) is 4.37. The van der Waals surface area contributed by atoms with Crippen molar-refractivity contribution >= 4 is 58.6 Å². The van der Waals surface area contributed by atoms with Gasteiger partial charge in [0, 0.05) is 11.9 Å². The van der Waals surface area contributed by atoms with Gasteiger partial charge < -0.3 is 0 Å². The van der Waals surface area contributed by atoms with E-state index in [-0.39, 0.29) is 23.7 Å². The summed E-state index contributed by atoms with van der Waals surface area (Å²) in [6, 6.07) is 0. The summed E-state index contributed by atoms with van der Waals surface area (Å²) in [5.74, 6) is -0.542. The van der Waals surface area contributed by atoms with Crippen LogP contribution in [0.2, 0.25) is 0 Å². The van der Waals surface area contributed by atoms with Crippen molar-refractivity contribution in [2.24, 2.45) is 17.8 Å². The first kappa shape index (κ1) is 15.0. The number of fused-ring (bicyclic) bond motifs is 3. The van der Waals surface area contributed by atoms with Crippen LogP contribution in [0.4, 0.5) is 0 Å². The number of nitrogens with zero attached hydrogens (tertiary/aromatic N) is 1. The Morgan fingerprint density at radius 1 is 1.15 bits per heavy atom. The van der Waals surface area contributed by atoms with Crippen LogP contribution in [-0.2, 0) is 9.59 Å². The first-order valence-electron chi connectivity index (χ1n) is 6.72. The van der Waals surface area contributed by atoms with E-state index in [2.05, 4.69) is 6.08 Å². The topological polar surface area (TPSA) is 37.4 Å². The van der Waals surface area contributed by atoms with Gasteiger partial charge in [-0.1, -0.05) is 46.5 Å². The normalized spacial score (nSPS) is 33.9. The molecule has 0 bridgehead atoms. The van der Waals surface area contributed by atoms with E-state index >= 15 is 0 Å². The first-order chi connectivity index (χ1) is 9.38. The zero-order valence-electron chi connectivity index (χ0n) is 10.7. The molecule has 0 radical (unpaired) electrons. The quantitative estimate of drug-likeness (QED) is 0.308. The van der Waals surface area contributed by atoms with Gasteiger partial charge in [-0.15, -0.1) is 0 Å². The zero-order valence-corrected chi connectivity index (χ0v) is 13.7. The van der Waals surface area contributed by atoms with E-state index in [0.717, 1.165) is 35.6 Å². The summed E-state index contributed by atoms with van der Waals surface area (Å²) in [5, 5.41) is 0. The predicted octanol–water partition coefficient (Wildman–Crippen LogP) is 4.08. The summed E-state index contributed by atoms with van der Waals surface area (Å²) in [6.45, 7) is 0. The van der Waals surface area contributed by atoms with E-state index < -0.39 is 3.12 Å². The summed E-state index contributed by atoms with van der Waals surface area (Å²) < 4.78 is -0.626. The van der Waals surface area contributed by atoms with Gasteiger partial charge >= 0.3 is 0 Å². The Hall–Kier alpha value is 0.1000. The number of rotatable bonds is 1. The van der Waals surface area contributed by atoms with Crippen LogP contribution in [0.25, 0.3) is 0 Å². The van der Waals surface area contributed by atoms with Gasteiger partial charge in [0.05, 0.1) is 11.8 Å². The molecule has 1 aliphatic heterocycles. The van der Waals surface area contributed by atoms with Crippen LogP contribution in [0.3, 0.4) is 0 Å². The largest absolute Gasteiger partial charge is 0.273 e. The molecule has 3 atom stereocenters. The molecule has 2 amide bonds. The molecule has 0 N–H and O–H groups in total. The Balaban J connectivity index is 1.89. The number of amides is 2. The summed E-state index contributed by atoms with van der Waals surface area (Å²) in [4.78, 5) is 24.9. The van der Waals surface area contributed by atoms with Gasteiger partial charge in [-0.2, -0.15) is 0 Å². The van der Waals surface area contributed by atoms with Crippen molar-refractivity contribution in [1.29, 1.82) is 0 Å². The van der Waals surface area contributed by atoms with E-state index in [1.807, 2.05) is 0 Å². The van der Waals surface area contributed by atoms with E-state index in [4.69, 9.17) is 34.8 Å². The van der Waals surface area contributed by atoms with Crippen LogP contribution >= 0.6 is 46.8 Å². The number of hydrogen-bond donors (Lipinski definition) is 0. The van der Waals surface area contributed by atoms with Crippen LogP contribution in [-0.4, -0.2) is 19.2 Å². The van der Waals surface area contributed by atoms with Crippen LogP contribution < -0.4 is 0 Å². The Labute approximate surface area is 137 Å². The van der Waals surface area contributed by atoms with Crippen LogP contribution in [0.15, 0.2) is 11.6 Å². The van der Waals surface area contributed by atoms with Crippen LogP contribution in [0.1, 0.15) is 32.1 Å². The van der Waals surface area contributed by atoms with Crippen molar-refractivity contribution < 1.29 is 9.59 Å². The minimum absolute atomic E-state index is 0.207. The second-order valence-corrected chi connectivity index (χ2v) is 9.61. The molecule has 0 spiro atoms. The van der Waals surface area contributed by atoms with Crippen LogP contribution in [0.5, 0.6) is 0 Å². The zero-order chi connectivity index (χ0) is 14.5. The summed E-state index contributed by atoms with van der Waals surface area (Å²) in [7, 11) is 0. The third-order valence-corrected chi connectivity index (χ3v) is 5.74. The Morgan fingerprint density at radius 2 is 1.90 bits per heavy atom. The smallest absolute Gasteiger partial charge is 0.256 e. The molecular weight excluding hydrogens is 341 g/mol. The van der Waals surface area contributed by atoms with Gasteiger partial charge in [0.2, 0.25) is 11.8 Å². The maximum Gasteiger partial charge on any atom is 0.256 e. The standard InChI is InChI=1S/C13H14Cl3NO2S/c14-13(15,16)20-17-11(18)9-6-5-7-3-1-2-4-8(7)10(9)12(17)19/h4,7,9-10H,1-3,5-6H2. The summed E-state index contributed by atoms with van der Waals surface area (Å²) in [6.07, 6.45) is 7.18. The predicted molar refractivity (Wildman–Crippen MR) is 81.4 cm³/mol. The number of carbonyl (C=O) groups is 2. The van der Waals surface area contributed by atoms with E-state index in [9.17, 15) is 9.59 Å². The summed E-state index contributed by atoms with van der Waals surface area (Å²) >= 11 is 17.8. The van der Waals surface area contributed by atoms with Crippen molar-refractivity contribution in [3.05, 3.63) is 11.6 Å². The average molecular weight is 355 g/mol. The highest BCUT2D eigenvalue weighted by molar-refractivity contribution is 8.03. The maximum absolute atomic E-state index is 12.6. The Bertz CT molecular complexity index is 488. The number of carbonyl (C=O) groups excluding carboxylic acids is 2. The minimum Gasteiger partial charge on any atom is -0.273 e. The van der Waals surface area contributed by atoms with Crippen molar-refractivity contribution in [1.82, 2.24) is 4.31 Å². The molecule has 0 aromatic heterocycles. The van der Waals surface area contributed by atoms with Gasteiger partial charge in [0.25, 0.3) is 3.12 Å². The number of alkyl halides is 3. The molecule has 3 unspecified atom stereocenters. The number of halogens is 3. The van der Waals surface area contributed by atoms with Gasteiger partial charge in [0.15, 0.2) is 0 Å². The molecule has 1 saturated heterocycles. The molecule has 2 fully saturated rings. The third kappa shape index (κ3) is 2.60. The highest BCUT2D eigenvalue weighted by atomic mass is 35.6. The molecular formula is C13H14Cl3NO2S. The molecule has 3 nitrogen and oxygen atoms in total. The molecule has 1 saturated carbocycles. The Morgan fingerprint density at radius 3 is 2.60 bits per heavy atom. The lowest BCUT2D eigenvalue weighted by molar-refractivity contribution is -0.133. The fourth-order valence-corrected chi connectivity index (χ4v) is 4.85. The number of allylic oxidation sites excluding steroid dienone is 1. The van der Waals surface area contributed by atoms with Gasteiger partial charge in [0.1, 0.15) is 0 Å². The second-order valence-electron chi connectivity index (χ2n) is 5.50. The van der Waals surface area contributed by atoms with Gasteiger partial charge in [-0.05, 0) is 38.0 Å². The summed E-state index contributed by atoms with van der Waals surface area (Å²) in [5.41, 5.74) is 1.15. The lowest BCUT2D eigenvalue weighted by Gasteiger charge is -2.34. The highest BCUT2D eigenvalue weighted by Gasteiger charge is 2.54. The number of hydrogen-bond acceptors (Lipinski definition) is 3.